The molecule has 0 N–H and O–H groups in total. The second-order valence-corrected chi connectivity index (χ2v) is 29.7. The highest BCUT2D eigenvalue weighted by atomic mass is 15.5. The average Bonchev–Trinajstić information content (AvgIpc) is 1.56. The van der Waals surface area contributed by atoms with E-state index in [2.05, 4.69) is 338 Å². The first-order valence-electron chi connectivity index (χ1n) is 37.6. The number of hydrogen-bond donors (Lipinski definition) is 0. The molecule has 0 amide bonds. The molecular weight excluding hydrogens is 1350 g/mol. The molecule has 0 radical (unpaired) electrons. The van der Waals surface area contributed by atoms with Crippen molar-refractivity contribution < 1.29 is 0 Å². The summed E-state index contributed by atoms with van der Waals surface area (Å²) >= 11 is 0. The van der Waals surface area contributed by atoms with Crippen LogP contribution in [0.3, 0.4) is 0 Å². The Morgan fingerprint density at radius 1 is 0.236 bits per heavy atom. The van der Waals surface area contributed by atoms with Gasteiger partial charge in [-0.3, -0.25) is 20.0 Å². The molecule has 21 rings (SSSR count). The third-order valence-electron chi connectivity index (χ3n) is 21.4. The number of aryl methyl sites for hydroxylation is 13. The summed E-state index contributed by atoms with van der Waals surface area (Å²) in [7, 11) is 0. The molecule has 8 heterocycles. The van der Waals surface area contributed by atoms with Crippen molar-refractivity contribution in [2.45, 2.75) is 90.0 Å². The van der Waals surface area contributed by atoms with Gasteiger partial charge in [-0.2, -0.15) is 4.80 Å². The van der Waals surface area contributed by atoms with Crippen molar-refractivity contribution >= 4 is 120 Å². The van der Waals surface area contributed by atoms with Crippen molar-refractivity contribution in [2.24, 2.45) is 9.98 Å². The number of fused-ring (bicyclic) bond motifs is 16. The molecule has 1 aliphatic rings. The minimum Gasteiger partial charge on any atom is -0.309 e. The highest BCUT2D eigenvalue weighted by Gasteiger charge is 2.21. The second-order valence-electron chi connectivity index (χ2n) is 29.7. The zero-order valence-electron chi connectivity index (χ0n) is 64.4. The van der Waals surface area contributed by atoms with Crippen molar-refractivity contribution in [3.8, 4) is 22.7 Å². The Labute approximate surface area is 638 Å². The first-order valence-corrected chi connectivity index (χ1v) is 37.6. The molecule has 7 aromatic heterocycles. The molecule has 0 saturated heterocycles. The molecule has 110 heavy (non-hydrogen) atoms. The summed E-state index contributed by atoms with van der Waals surface area (Å²) in [6, 6.07) is 89.3. The summed E-state index contributed by atoms with van der Waals surface area (Å²) < 4.78 is 7.31. The van der Waals surface area contributed by atoms with Crippen molar-refractivity contribution in [2.75, 3.05) is 6.67 Å². The molecule has 0 atom stereocenters. The Balaban J connectivity index is 0.000000118. The topological polar surface area (TPSA) is 122 Å². The average molecular weight is 1430 g/mol. The lowest BCUT2D eigenvalue weighted by Crippen LogP contribution is -2.26. The Bertz CT molecular complexity index is 6720. The maximum Gasteiger partial charge on any atom is 0.130 e. The molecule has 0 unspecified atom stereocenters. The van der Waals surface area contributed by atoms with Crippen LogP contribution in [0, 0.1) is 90.0 Å². The quantitative estimate of drug-likeness (QED) is 0.128. The lowest BCUT2D eigenvalue weighted by molar-refractivity contribution is 0.765. The van der Waals surface area contributed by atoms with Crippen LogP contribution in [0.2, 0.25) is 0 Å². The molecule has 0 fully saturated rings. The predicted octanol–water partition coefficient (Wildman–Crippen LogP) is 22.9. The van der Waals surface area contributed by atoms with Gasteiger partial charge in [0.15, 0.2) is 0 Å². The lowest BCUT2D eigenvalue weighted by atomic mass is 10.0. The number of aromatic nitrogens is 10. The molecule has 12 heteroatoms. The Kier molecular flexibility index (Phi) is 18.0. The van der Waals surface area contributed by atoms with Gasteiger partial charge in [-0.25, -0.2) is 9.97 Å². The fourth-order valence-electron chi connectivity index (χ4n) is 15.6. The zero-order chi connectivity index (χ0) is 75.8. The molecular formula is C98H84N12. The van der Waals surface area contributed by atoms with Gasteiger partial charge in [0.25, 0.3) is 0 Å². The monoisotopic (exact) mass is 1430 g/mol. The first-order chi connectivity index (χ1) is 53.4. The Morgan fingerprint density at radius 2 is 0.573 bits per heavy atom. The van der Waals surface area contributed by atoms with E-state index >= 15 is 0 Å². The van der Waals surface area contributed by atoms with Crippen LogP contribution in [0.1, 0.15) is 72.3 Å². The van der Waals surface area contributed by atoms with Gasteiger partial charge in [-0.1, -0.05) is 131 Å². The Hall–Kier alpha value is -13.3. The summed E-state index contributed by atoms with van der Waals surface area (Å²) in [4.78, 5) is 28.4. The first kappa shape index (κ1) is 69.7. The van der Waals surface area contributed by atoms with Crippen molar-refractivity contribution in [1.82, 2.24) is 48.6 Å². The van der Waals surface area contributed by atoms with Gasteiger partial charge in [0.2, 0.25) is 0 Å². The molecule has 12 nitrogen and oxygen atoms in total. The van der Waals surface area contributed by atoms with Crippen LogP contribution in [-0.4, -0.2) is 55.3 Å². The highest BCUT2D eigenvalue weighted by Crippen LogP contribution is 2.41. The van der Waals surface area contributed by atoms with Crippen LogP contribution in [0.25, 0.3) is 143 Å². The number of para-hydroxylation sites is 1. The van der Waals surface area contributed by atoms with Gasteiger partial charge in [0.05, 0.1) is 82.6 Å². The van der Waals surface area contributed by atoms with E-state index in [0.717, 1.165) is 71.7 Å². The zero-order valence-corrected chi connectivity index (χ0v) is 64.4. The summed E-state index contributed by atoms with van der Waals surface area (Å²) in [5, 5.41) is 21.3. The standard InChI is InChI=1S/C47H37N3.C14H13N3.2C14H12N2.C9H10N2/c1-28-6-12-33(13-7-28)48-46-20-14-34(49-42-16-8-29(2)22-36(42)37-23-30(3)9-17-43(37)49)26-40(46)41-27-35(15-21-47(41)48)50-44-18-10-31(4)24-38(44)39-25-32(5)11-19-45(39)50;1-10-8-9-11(2)14-13(10)15-17(16-14)12-6-4-3-5-7-12;1-9-3-5-11-13(7-9)16-14-8-10(2)4-6-12(14)15-11;1-9-5-7-15-13-11(9)3-4-12-10(2)6-8-16-14(12)13;1-6-3-4-7(2)9-8(6)10-5-11-9/h6-27H,1-5H3;3-9H,1-2H3;2*3-8H,1-2H3;3-4H,5H2,1-2H3. The smallest absolute Gasteiger partial charge is 0.130 e. The van der Waals surface area contributed by atoms with Crippen molar-refractivity contribution in [3.05, 3.63) is 344 Å². The third-order valence-corrected chi connectivity index (χ3v) is 21.4. The van der Waals surface area contributed by atoms with E-state index in [9.17, 15) is 0 Å². The maximum atomic E-state index is 4.64. The maximum absolute atomic E-state index is 4.64. The van der Waals surface area contributed by atoms with Crippen molar-refractivity contribution in [1.29, 1.82) is 0 Å². The molecule has 0 aliphatic carbocycles. The van der Waals surface area contributed by atoms with Crippen LogP contribution in [0.4, 0.5) is 0 Å². The van der Waals surface area contributed by atoms with Gasteiger partial charge < -0.3 is 13.7 Å². The molecule has 1 aliphatic heterocycles. The third kappa shape index (κ3) is 12.9. The van der Waals surface area contributed by atoms with E-state index in [0.29, 0.717) is 6.67 Å². The summed E-state index contributed by atoms with van der Waals surface area (Å²) in [6.45, 7) is 28.1. The lowest BCUT2D eigenvalue weighted by Gasteiger charge is -2.11. The van der Waals surface area contributed by atoms with E-state index in [4.69, 9.17) is 0 Å². The van der Waals surface area contributed by atoms with Gasteiger partial charge in [-0.05, 0) is 280 Å². The van der Waals surface area contributed by atoms with Crippen LogP contribution < -0.4 is 10.7 Å². The number of benzene rings is 13. The fourth-order valence-corrected chi connectivity index (χ4v) is 15.6. The summed E-state index contributed by atoms with van der Waals surface area (Å²) in [6.07, 6.45) is 3.70. The summed E-state index contributed by atoms with van der Waals surface area (Å²) in [5.74, 6) is 0. The van der Waals surface area contributed by atoms with Crippen LogP contribution in [-0.2, 0) is 0 Å². The van der Waals surface area contributed by atoms with Crippen LogP contribution in [0.5, 0.6) is 0 Å². The molecule has 0 spiro atoms. The largest absolute Gasteiger partial charge is 0.309 e. The van der Waals surface area contributed by atoms with Gasteiger partial charge >= 0.3 is 0 Å². The molecule has 13 aromatic carbocycles. The summed E-state index contributed by atoms with van der Waals surface area (Å²) in [5.41, 5.74) is 35.7. The van der Waals surface area contributed by atoms with E-state index in [-0.39, 0.29) is 0 Å². The van der Waals surface area contributed by atoms with Crippen LogP contribution >= 0.6 is 0 Å². The van der Waals surface area contributed by atoms with E-state index in [1.54, 1.807) is 4.80 Å². The molecule has 536 valence electrons. The number of rotatable bonds is 4. The minimum absolute atomic E-state index is 0.612. The van der Waals surface area contributed by atoms with E-state index < -0.39 is 0 Å². The van der Waals surface area contributed by atoms with E-state index in [1.165, 1.54) is 154 Å². The number of pyridine rings is 2. The van der Waals surface area contributed by atoms with E-state index in [1.807, 2.05) is 67.0 Å². The van der Waals surface area contributed by atoms with Gasteiger partial charge in [-0.15, -0.1) is 10.2 Å². The molecule has 0 saturated carbocycles. The van der Waals surface area contributed by atoms with Crippen LogP contribution in [0.15, 0.2) is 271 Å². The number of nitrogens with zero attached hydrogens (tertiary/aromatic N) is 12. The second kappa shape index (κ2) is 28.4. The van der Waals surface area contributed by atoms with Crippen molar-refractivity contribution in [3.63, 3.8) is 0 Å². The van der Waals surface area contributed by atoms with Gasteiger partial charge in [0.1, 0.15) is 17.7 Å². The predicted molar refractivity (Wildman–Crippen MR) is 458 cm³/mol. The minimum atomic E-state index is 0.612. The Morgan fingerprint density at radius 3 is 0.991 bits per heavy atom. The molecule has 20 aromatic rings. The SMILES string of the molecule is Cc1ccc(-n2c3ccc(-n4c5ccc(C)cc5c5cc(C)ccc54)cc3c3cc(-n4c5ccc(C)cc5c5cc(C)ccc54)ccc32)cc1.Cc1ccc(C)c2c1=NCN=2.Cc1ccc(C)c2nn(-c3ccccc3)nc12.Cc1ccc2nc3ccc(C)cc3nc2c1.Cc1ccnc2c1ccc1c(C)ccnc12. The number of hydrogen-bond acceptors (Lipinski definition) is 8. The fraction of sp³-hybridized carbons (Fsp3) is 0.143. The highest BCUT2D eigenvalue weighted by molar-refractivity contribution is 6.14. The molecule has 0 bridgehead atoms. The normalized spacial score (nSPS) is 11.8. The van der Waals surface area contributed by atoms with Gasteiger partial charge in [0, 0.05) is 72.5 Å².